The number of fused-ring (bicyclic) bond motifs is 1. The molecule has 1 aromatic carbocycles. The van der Waals surface area contributed by atoms with Gasteiger partial charge in [-0.05, 0) is 56.7 Å². The topological polar surface area (TPSA) is 132 Å². The summed E-state index contributed by atoms with van der Waals surface area (Å²) in [5, 5.41) is 9.43. The number of hydrogen-bond donors (Lipinski definition) is 4. The molecule has 0 bridgehead atoms. The number of carbonyl (C=O) groups is 1. The monoisotopic (exact) mass is 546 g/mol. The Morgan fingerprint density at radius 3 is 2.59 bits per heavy atom. The standard InChI is InChI=1S/C26H33F3N8O2/c27-26(28,29)39-20-7-3-4-16(14-20)24(38)32-13-12-31-22-21-23(37(15-33-21)19-5-1-2-6-19)36-25(35-22)34-18-10-8-17(30)9-11-18/h3-4,7,14-15,17-19H,1-2,5-6,8-13,30H2,(H,32,38)(H2,31,34,35,36)/t17-,18-. The molecule has 0 radical (unpaired) electrons. The molecule has 39 heavy (non-hydrogen) atoms. The van der Waals surface area contributed by atoms with E-state index in [2.05, 4.69) is 30.2 Å². The first-order chi connectivity index (χ1) is 18.7. The Kier molecular flexibility index (Phi) is 8.05. The number of carbonyl (C=O) groups excluding carboxylic acids is 1. The summed E-state index contributed by atoms with van der Waals surface area (Å²) in [5.41, 5.74) is 7.54. The van der Waals surface area contributed by atoms with Gasteiger partial charge in [0.25, 0.3) is 5.91 Å². The van der Waals surface area contributed by atoms with E-state index < -0.39 is 18.0 Å². The SMILES string of the molecule is N[C@H]1CC[C@H](Nc2nc(NCCNC(=O)c3cccc(OC(F)(F)F)c3)c3ncn(C4CCCC4)c3n2)CC1. The molecule has 5 rings (SSSR count). The molecule has 13 heteroatoms. The zero-order chi connectivity index (χ0) is 27.4. The molecule has 0 saturated heterocycles. The molecule has 0 atom stereocenters. The zero-order valence-corrected chi connectivity index (χ0v) is 21.5. The minimum Gasteiger partial charge on any atom is -0.406 e. The first-order valence-electron chi connectivity index (χ1n) is 13.4. The minimum absolute atomic E-state index is 0.0650. The number of halogens is 3. The molecule has 5 N–H and O–H groups in total. The number of nitrogens with two attached hydrogens (primary N) is 1. The Hall–Kier alpha value is -3.61. The molecule has 0 aliphatic heterocycles. The van der Waals surface area contributed by atoms with E-state index in [-0.39, 0.29) is 24.2 Å². The average Bonchev–Trinajstić information content (AvgIpc) is 3.57. The van der Waals surface area contributed by atoms with Crippen LogP contribution in [0.3, 0.4) is 0 Å². The van der Waals surface area contributed by atoms with Crippen LogP contribution in [-0.2, 0) is 0 Å². The Morgan fingerprint density at radius 1 is 1.08 bits per heavy atom. The number of anilines is 2. The molecule has 210 valence electrons. The Bertz CT molecular complexity index is 1280. The average molecular weight is 547 g/mol. The third kappa shape index (κ3) is 6.88. The molecule has 0 unspecified atom stereocenters. The molecule has 10 nitrogen and oxygen atoms in total. The van der Waals surface area contributed by atoms with Crippen molar-refractivity contribution in [3.8, 4) is 5.75 Å². The summed E-state index contributed by atoms with van der Waals surface area (Å²) >= 11 is 0. The third-order valence-corrected chi connectivity index (χ3v) is 7.28. The third-order valence-electron chi connectivity index (χ3n) is 7.28. The molecular formula is C26H33F3N8O2. The van der Waals surface area contributed by atoms with Gasteiger partial charge < -0.3 is 31.0 Å². The Balaban J connectivity index is 1.26. The van der Waals surface area contributed by atoms with Crippen molar-refractivity contribution >= 4 is 28.8 Å². The molecule has 1 amide bonds. The van der Waals surface area contributed by atoms with Crippen LogP contribution in [0.5, 0.6) is 5.75 Å². The number of rotatable bonds is 9. The van der Waals surface area contributed by atoms with Crippen molar-refractivity contribution in [1.29, 1.82) is 0 Å². The van der Waals surface area contributed by atoms with Gasteiger partial charge in [0.15, 0.2) is 17.0 Å². The second kappa shape index (κ2) is 11.6. The molecule has 0 spiro atoms. The van der Waals surface area contributed by atoms with Crippen LogP contribution < -0.4 is 26.4 Å². The highest BCUT2D eigenvalue weighted by Crippen LogP contribution is 2.33. The van der Waals surface area contributed by atoms with Gasteiger partial charge in [-0.3, -0.25) is 4.79 Å². The largest absolute Gasteiger partial charge is 0.573 e. The number of nitrogens with zero attached hydrogens (tertiary/aromatic N) is 4. The number of nitrogens with one attached hydrogen (secondary N) is 3. The second-order valence-corrected chi connectivity index (χ2v) is 10.2. The predicted octanol–water partition coefficient (Wildman–Crippen LogP) is 4.36. The molecule has 2 saturated carbocycles. The quantitative estimate of drug-likeness (QED) is 0.291. The van der Waals surface area contributed by atoms with Gasteiger partial charge >= 0.3 is 6.36 Å². The summed E-state index contributed by atoms with van der Waals surface area (Å²) < 4.78 is 43.5. The predicted molar refractivity (Wildman–Crippen MR) is 141 cm³/mol. The highest BCUT2D eigenvalue weighted by Gasteiger charge is 2.31. The molecular weight excluding hydrogens is 513 g/mol. The number of benzene rings is 1. The van der Waals surface area contributed by atoms with Gasteiger partial charge in [-0.2, -0.15) is 9.97 Å². The Morgan fingerprint density at radius 2 is 1.85 bits per heavy atom. The van der Waals surface area contributed by atoms with Crippen LogP contribution >= 0.6 is 0 Å². The Labute approximate surface area is 223 Å². The summed E-state index contributed by atoms with van der Waals surface area (Å²) in [4.78, 5) is 26.6. The lowest BCUT2D eigenvalue weighted by molar-refractivity contribution is -0.274. The van der Waals surface area contributed by atoms with Crippen molar-refractivity contribution in [3.05, 3.63) is 36.2 Å². The fourth-order valence-corrected chi connectivity index (χ4v) is 5.29. The van der Waals surface area contributed by atoms with Gasteiger partial charge in [-0.25, -0.2) is 4.98 Å². The van der Waals surface area contributed by atoms with Gasteiger partial charge in [-0.15, -0.1) is 13.2 Å². The van der Waals surface area contributed by atoms with Crippen molar-refractivity contribution in [2.45, 2.75) is 75.9 Å². The first-order valence-corrected chi connectivity index (χ1v) is 13.4. The van der Waals surface area contributed by atoms with Gasteiger partial charge in [0.2, 0.25) is 5.95 Å². The van der Waals surface area contributed by atoms with Crippen molar-refractivity contribution < 1.29 is 22.7 Å². The van der Waals surface area contributed by atoms with Crippen LogP contribution in [0.25, 0.3) is 11.2 Å². The van der Waals surface area contributed by atoms with Gasteiger partial charge in [0, 0.05) is 36.8 Å². The molecule has 2 aliphatic carbocycles. The number of imidazole rings is 1. The number of alkyl halides is 3. The summed E-state index contributed by atoms with van der Waals surface area (Å²) in [6, 6.07) is 5.79. The lowest BCUT2D eigenvalue weighted by Gasteiger charge is -2.27. The van der Waals surface area contributed by atoms with Crippen LogP contribution in [0.2, 0.25) is 0 Å². The number of hydrogen-bond acceptors (Lipinski definition) is 8. The molecule has 2 fully saturated rings. The van der Waals surface area contributed by atoms with Crippen LogP contribution in [0, 0.1) is 0 Å². The van der Waals surface area contributed by atoms with E-state index in [4.69, 9.17) is 15.7 Å². The van der Waals surface area contributed by atoms with E-state index in [1.807, 2.05) is 6.33 Å². The van der Waals surface area contributed by atoms with Crippen LogP contribution in [-0.4, -0.2) is 57.0 Å². The minimum atomic E-state index is -4.83. The molecule has 2 heterocycles. The highest BCUT2D eigenvalue weighted by molar-refractivity contribution is 5.94. The number of aromatic nitrogens is 4. The number of amides is 1. The van der Waals surface area contributed by atoms with E-state index in [1.165, 1.54) is 25.0 Å². The van der Waals surface area contributed by atoms with Crippen LogP contribution in [0.4, 0.5) is 24.9 Å². The highest BCUT2D eigenvalue weighted by atomic mass is 19.4. The van der Waals surface area contributed by atoms with Crippen molar-refractivity contribution in [1.82, 2.24) is 24.8 Å². The summed E-state index contributed by atoms with van der Waals surface area (Å²) in [6.07, 6.45) is 5.34. The zero-order valence-electron chi connectivity index (χ0n) is 21.5. The van der Waals surface area contributed by atoms with Gasteiger partial charge in [0.05, 0.1) is 6.33 Å². The first kappa shape index (κ1) is 27.0. The summed E-state index contributed by atoms with van der Waals surface area (Å²) in [7, 11) is 0. The van der Waals surface area contributed by atoms with E-state index in [9.17, 15) is 18.0 Å². The van der Waals surface area contributed by atoms with Gasteiger partial charge in [0.1, 0.15) is 5.75 Å². The van der Waals surface area contributed by atoms with Crippen molar-refractivity contribution in [2.24, 2.45) is 5.73 Å². The maximum absolute atomic E-state index is 12.5. The summed E-state index contributed by atoms with van der Waals surface area (Å²) in [5.74, 6) is 0.118. The van der Waals surface area contributed by atoms with Crippen molar-refractivity contribution in [2.75, 3.05) is 23.7 Å². The lowest BCUT2D eigenvalue weighted by Crippen LogP contribution is -2.33. The number of ether oxygens (including phenoxy) is 1. The van der Waals surface area contributed by atoms with E-state index in [0.29, 0.717) is 29.9 Å². The molecule has 2 aromatic heterocycles. The summed E-state index contributed by atoms with van der Waals surface area (Å²) in [6.45, 7) is 0.534. The maximum Gasteiger partial charge on any atom is 0.573 e. The molecule has 3 aromatic rings. The van der Waals surface area contributed by atoms with Gasteiger partial charge in [-0.1, -0.05) is 18.9 Å². The van der Waals surface area contributed by atoms with E-state index >= 15 is 0 Å². The maximum atomic E-state index is 12.5. The van der Waals surface area contributed by atoms with Crippen LogP contribution in [0.1, 0.15) is 67.8 Å². The lowest BCUT2D eigenvalue weighted by atomic mass is 9.92. The normalized spacial score (nSPS) is 20.2. The van der Waals surface area contributed by atoms with E-state index in [0.717, 1.165) is 56.3 Å². The fraction of sp³-hybridized carbons (Fsp3) is 0.538. The smallest absolute Gasteiger partial charge is 0.406 e. The molecule has 2 aliphatic rings. The van der Waals surface area contributed by atoms with Crippen molar-refractivity contribution in [3.63, 3.8) is 0 Å². The second-order valence-electron chi connectivity index (χ2n) is 10.2. The van der Waals surface area contributed by atoms with Crippen LogP contribution in [0.15, 0.2) is 30.6 Å². The fourth-order valence-electron chi connectivity index (χ4n) is 5.29. The van der Waals surface area contributed by atoms with E-state index in [1.54, 1.807) is 0 Å².